The molecule has 0 aromatic rings. The maximum Gasteiger partial charge on any atom is 0.309 e. The summed E-state index contributed by atoms with van der Waals surface area (Å²) in [6, 6.07) is 0.639. The SMILES string of the molecule is CCOC(=O)C(C)CN(C)C1CCCCC1C. The van der Waals surface area contributed by atoms with Crippen molar-refractivity contribution in [2.75, 3.05) is 20.2 Å². The van der Waals surface area contributed by atoms with E-state index in [4.69, 9.17) is 4.74 Å². The van der Waals surface area contributed by atoms with Crippen LogP contribution in [0.5, 0.6) is 0 Å². The monoisotopic (exact) mass is 241 g/mol. The van der Waals surface area contributed by atoms with Crippen molar-refractivity contribution in [1.82, 2.24) is 4.90 Å². The van der Waals surface area contributed by atoms with Gasteiger partial charge < -0.3 is 9.64 Å². The molecule has 0 aromatic carbocycles. The summed E-state index contributed by atoms with van der Waals surface area (Å²) in [7, 11) is 2.14. The Kier molecular flexibility index (Phi) is 5.96. The molecule has 1 aliphatic carbocycles. The number of hydrogen-bond donors (Lipinski definition) is 0. The van der Waals surface area contributed by atoms with Crippen LogP contribution < -0.4 is 0 Å². The zero-order chi connectivity index (χ0) is 12.8. The summed E-state index contributed by atoms with van der Waals surface area (Å²) in [5, 5.41) is 0. The van der Waals surface area contributed by atoms with Crippen LogP contribution in [0.3, 0.4) is 0 Å². The van der Waals surface area contributed by atoms with Gasteiger partial charge >= 0.3 is 5.97 Å². The minimum atomic E-state index is -0.0668. The molecular formula is C14H27NO2. The summed E-state index contributed by atoms with van der Waals surface area (Å²) in [4.78, 5) is 13.9. The maximum absolute atomic E-state index is 11.6. The van der Waals surface area contributed by atoms with Crippen LogP contribution >= 0.6 is 0 Å². The average Bonchev–Trinajstić information content (AvgIpc) is 2.29. The highest BCUT2D eigenvalue weighted by atomic mass is 16.5. The van der Waals surface area contributed by atoms with E-state index in [1.807, 2.05) is 13.8 Å². The third-order valence-electron chi connectivity index (χ3n) is 3.88. The molecule has 1 saturated carbocycles. The zero-order valence-electron chi connectivity index (χ0n) is 11.7. The molecule has 0 heterocycles. The van der Waals surface area contributed by atoms with Gasteiger partial charge in [-0.3, -0.25) is 4.79 Å². The summed E-state index contributed by atoms with van der Waals surface area (Å²) in [5.74, 6) is 0.667. The number of nitrogens with zero attached hydrogens (tertiary/aromatic N) is 1. The van der Waals surface area contributed by atoms with Crippen LogP contribution in [0.1, 0.15) is 46.5 Å². The molecule has 100 valence electrons. The lowest BCUT2D eigenvalue weighted by Crippen LogP contribution is -2.42. The Morgan fingerprint density at radius 1 is 1.41 bits per heavy atom. The van der Waals surface area contributed by atoms with Gasteiger partial charge in [0.1, 0.15) is 0 Å². The van der Waals surface area contributed by atoms with Gasteiger partial charge in [-0.1, -0.05) is 26.7 Å². The quantitative estimate of drug-likeness (QED) is 0.693. The topological polar surface area (TPSA) is 29.5 Å². The Morgan fingerprint density at radius 2 is 2.06 bits per heavy atom. The van der Waals surface area contributed by atoms with Crippen molar-refractivity contribution < 1.29 is 9.53 Å². The molecule has 3 atom stereocenters. The largest absolute Gasteiger partial charge is 0.466 e. The standard InChI is InChI=1S/C14H27NO2/c1-5-17-14(16)12(3)10-15(4)13-9-7-6-8-11(13)2/h11-13H,5-10H2,1-4H3. The molecule has 3 heteroatoms. The molecule has 0 amide bonds. The number of esters is 1. The number of carbonyl (C=O) groups excluding carboxylic acids is 1. The molecule has 17 heavy (non-hydrogen) atoms. The van der Waals surface area contributed by atoms with Crippen LogP contribution in [0.15, 0.2) is 0 Å². The third-order valence-corrected chi connectivity index (χ3v) is 3.88. The lowest BCUT2D eigenvalue weighted by molar-refractivity contribution is -0.148. The van der Waals surface area contributed by atoms with Crippen molar-refractivity contribution in [2.45, 2.75) is 52.5 Å². The van der Waals surface area contributed by atoms with E-state index in [-0.39, 0.29) is 11.9 Å². The maximum atomic E-state index is 11.6. The van der Waals surface area contributed by atoms with Crippen molar-refractivity contribution in [2.24, 2.45) is 11.8 Å². The van der Waals surface area contributed by atoms with Crippen LogP contribution in [-0.4, -0.2) is 37.1 Å². The minimum Gasteiger partial charge on any atom is -0.466 e. The van der Waals surface area contributed by atoms with Gasteiger partial charge in [-0.25, -0.2) is 0 Å². The second kappa shape index (κ2) is 7.00. The summed E-state index contributed by atoms with van der Waals surface area (Å²) < 4.78 is 5.05. The Labute approximate surface area is 106 Å². The number of carbonyl (C=O) groups is 1. The second-order valence-electron chi connectivity index (χ2n) is 5.42. The molecule has 0 N–H and O–H groups in total. The Balaban J connectivity index is 2.41. The first-order valence-electron chi connectivity index (χ1n) is 6.93. The van der Waals surface area contributed by atoms with Gasteiger partial charge in [0.15, 0.2) is 0 Å². The van der Waals surface area contributed by atoms with E-state index in [9.17, 15) is 4.79 Å². The van der Waals surface area contributed by atoms with Gasteiger partial charge in [-0.05, 0) is 32.7 Å². The highest BCUT2D eigenvalue weighted by molar-refractivity contribution is 5.72. The number of hydrogen-bond acceptors (Lipinski definition) is 3. The third kappa shape index (κ3) is 4.30. The molecule has 3 unspecified atom stereocenters. The van der Waals surface area contributed by atoms with Crippen molar-refractivity contribution in [3.63, 3.8) is 0 Å². The van der Waals surface area contributed by atoms with Gasteiger partial charge in [0.05, 0.1) is 12.5 Å². The first kappa shape index (κ1) is 14.5. The van der Waals surface area contributed by atoms with E-state index < -0.39 is 0 Å². The zero-order valence-corrected chi connectivity index (χ0v) is 11.7. The second-order valence-corrected chi connectivity index (χ2v) is 5.42. The van der Waals surface area contributed by atoms with Crippen LogP contribution in [0.2, 0.25) is 0 Å². The minimum absolute atomic E-state index is 0.0194. The lowest BCUT2D eigenvalue weighted by Gasteiger charge is -2.37. The number of rotatable bonds is 5. The van der Waals surface area contributed by atoms with Gasteiger partial charge in [0.2, 0.25) is 0 Å². The fraction of sp³-hybridized carbons (Fsp3) is 0.929. The molecule has 0 spiro atoms. The van der Waals surface area contributed by atoms with E-state index in [1.54, 1.807) is 0 Å². The predicted molar refractivity (Wildman–Crippen MR) is 69.8 cm³/mol. The molecule has 0 bridgehead atoms. The summed E-state index contributed by atoms with van der Waals surface area (Å²) in [5.41, 5.74) is 0. The first-order chi connectivity index (χ1) is 8.06. The predicted octanol–water partition coefficient (Wildman–Crippen LogP) is 2.70. The van der Waals surface area contributed by atoms with Crippen LogP contribution in [-0.2, 0) is 9.53 Å². The van der Waals surface area contributed by atoms with Gasteiger partial charge in [-0.2, -0.15) is 0 Å². The van der Waals surface area contributed by atoms with Gasteiger partial charge in [0.25, 0.3) is 0 Å². The molecule has 0 aliphatic heterocycles. The summed E-state index contributed by atoms with van der Waals surface area (Å²) in [6.07, 6.45) is 5.28. The molecule has 3 nitrogen and oxygen atoms in total. The Morgan fingerprint density at radius 3 is 2.65 bits per heavy atom. The average molecular weight is 241 g/mol. The number of ether oxygens (including phenoxy) is 1. The van der Waals surface area contributed by atoms with Gasteiger partial charge in [0, 0.05) is 12.6 Å². The fourth-order valence-electron chi connectivity index (χ4n) is 2.88. The smallest absolute Gasteiger partial charge is 0.309 e. The highest BCUT2D eigenvalue weighted by Gasteiger charge is 2.27. The molecule has 1 aliphatic rings. The van der Waals surface area contributed by atoms with Crippen LogP contribution in [0.25, 0.3) is 0 Å². The lowest BCUT2D eigenvalue weighted by atomic mass is 9.85. The first-order valence-corrected chi connectivity index (χ1v) is 6.93. The molecule has 1 rings (SSSR count). The summed E-state index contributed by atoms with van der Waals surface area (Å²) >= 11 is 0. The molecule has 0 radical (unpaired) electrons. The van der Waals surface area contributed by atoms with Crippen LogP contribution in [0, 0.1) is 11.8 Å². The molecule has 0 saturated heterocycles. The van der Waals surface area contributed by atoms with E-state index in [2.05, 4.69) is 18.9 Å². The van der Waals surface area contributed by atoms with E-state index in [0.717, 1.165) is 12.5 Å². The van der Waals surface area contributed by atoms with Crippen LogP contribution in [0.4, 0.5) is 0 Å². The van der Waals surface area contributed by atoms with E-state index >= 15 is 0 Å². The van der Waals surface area contributed by atoms with E-state index in [1.165, 1.54) is 25.7 Å². The van der Waals surface area contributed by atoms with Gasteiger partial charge in [-0.15, -0.1) is 0 Å². The molecular weight excluding hydrogens is 214 g/mol. The molecule has 1 fully saturated rings. The van der Waals surface area contributed by atoms with Crippen molar-refractivity contribution >= 4 is 5.97 Å². The normalized spacial score (nSPS) is 26.9. The van der Waals surface area contributed by atoms with Crippen molar-refractivity contribution in [1.29, 1.82) is 0 Å². The highest BCUT2D eigenvalue weighted by Crippen LogP contribution is 2.27. The Hall–Kier alpha value is -0.570. The van der Waals surface area contributed by atoms with Crippen molar-refractivity contribution in [3.05, 3.63) is 0 Å². The summed E-state index contributed by atoms with van der Waals surface area (Å²) in [6.45, 7) is 7.44. The Bertz CT molecular complexity index is 242. The van der Waals surface area contributed by atoms with E-state index in [0.29, 0.717) is 12.6 Å². The fourth-order valence-corrected chi connectivity index (χ4v) is 2.88. The molecule has 0 aromatic heterocycles. The van der Waals surface area contributed by atoms with Crippen molar-refractivity contribution in [3.8, 4) is 0 Å².